The van der Waals surface area contributed by atoms with Crippen LogP contribution >= 0.6 is 0 Å². The van der Waals surface area contributed by atoms with Gasteiger partial charge < -0.3 is 10.2 Å². The molecule has 31 heavy (non-hydrogen) atoms. The predicted molar refractivity (Wildman–Crippen MR) is 111 cm³/mol. The highest BCUT2D eigenvalue weighted by Gasteiger charge is 2.40. The van der Waals surface area contributed by atoms with E-state index in [1.54, 1.807) is 24.0 Å². The van der Waals surface area contributed by atoms with Crippen LogP contribution in [0, 0.1) is 6.92 Å². The van der Waals surface area contributed by atoms with Crippen molar-refractivity contribution in [3.05, 3.63) is 64.3 Å². The average Bonchev–Trinajstić information content (AvgIpc) is 2.78. The van der Waals surface area contributed by atoms with E-state index in [-0.39, 0.29) is 18.0 Å². The van der Waals surface area contributed by atoms with E-state index >= 15 is 0 Å². The van der Waals surface area contributed by atoms with Crippen molar-refractivity contribution in [1.29, 1.82) is 0 Å². The topological polar surface area (TPSA) is 99.6 Å². The molecule has 2 N–H and O–H groups in total. The van der Waals surface area contributed by atoms with Gasteiger partial charge in [-0.25, -0.2) is 9.37 Å². The van der Waals surface area contributed by atoms with Crippen molar-refractivity contribution in [1.82, 2.24) is 30.0 Å². The zero-order chi connectivity index (χ0) is 22.0. The van der Waals surface area contributed by atoms with E-state index < -0.39 is 24.4 Å². The van der Waals surface area contributed by atoms with Gasteiger partial charge in [0, 0.05) is 37.9 Å². The maximum absolute atomic E-state index is 14.5. The molecule has 2 saturated heterocycles. The number of amides is 2. The van der Waals surface area contributed by atoms with Crippen LogP contribution in [0.2, 0.25) is 0 Å². The van der Waals surface area contributed by atoms with Crippen molar-refractivity contribution in [2.24, 2.45) is 0 Å². The summed E-state index contributed by atoms with van der Waals surface area (Å²) in [4.78, 5) is 44.5. The predicted octanol–water partition coefficient (Wildman–Crippen LogP) is -0.222. The summed E-state index contributed by atoms with van der Waals surface area (Å²) in [5.41, 5.74) is 1.05. The number of nitrogens with zero attached hydrogens (tertiary/aromatic N) is 4. The van der Waals surface area contributed by atoms with Crippen molar-refractivity contribution >= 4 is 11.8 Å². The quantitative estimate of drug-likeness (QED) is 0.699. The Kier molecular flexibility index (Phi) is 6.10. The highest BCUT2D eigenvalue weighted by molar-refractivity contribution is 5.82. The van der Waals surface area contributed by atoms with Crippen LogP contribution in [-0.4, -0.2) is 69.8 Å². The number of carbonyl (C=O) groups excluding carboxylic acids is 2. The van der Waals surface area contributed by atoms with E-state index in [1.165, 1.54) is 17.0 Å². The van der Waals surface area contributed by atoms with Gasteiger partial charge >= 0.3 is 0 Å². The number of rotatable bonds is 4. The molecule has 0 aliphatic carbocycles. The van der Waals surface area contributed by atoms with Crippen molar-refractivity contribution in [3.63, 3.8) is 0 Å². The first-order valence-corrected chi connectivity index (χ1v) is 10.2. The van der Waals surface area contributed by atoms with Gasteiger partial charge in [-0.1, -0.05) is 30.3 Å². The van der Waals surface area contributed by atoms with Crippen LogP contribution in [0.1, 0.15) is 17.3 Å². The molecule has 0 spiro atoms. The Morgan fingerprint density at radius 1 is 1.16 bits per heavy atom. The summed E-state index contributed by atoms with van der Waals surface area (Å²) in [6.45, 7) is 3.54. The lowest BCUT2D eigenvalue weighted by Gasteiger charge is -2.43. The van der Waals surface area contributed by atoms with Crippen molar-refractivity contribution < 1.29 is 14.0 Å². The van der Waals surface area contributed by atoms with Gasteiger partial charge in [-0.15, -0.1) is 0 Å². The fourth-order valence-corrected chi connectivity index (χ4v) is 3.89. The highest BCUT2D eigenvalue weighted by Crippen LogP contribution is 2.24. The van der Waals surface area contributed by atoms with Gasteiger partial charge in [0.15, 0.2) is 6.17 Å². The third kappa shape index (κ3) is 4.64. The molecule has 1 aromatic heterocycles. The molecule has 10 heteroatoms. The van der Waals surface area contributed by atoms with Crippen LogP contribution in [-0.2, 0) is 16.1 Å². The van der Waals surface area contributed by atoms with Crippen LogP contribution in [0.25, 0.3) is 0 Å². The normalized spacial score (nSPS) is 24.6. The lowest BCUT2D eigenvalue weighted by molar-refractivity contribution is -0.138. The van der Waals surface area contributed by atoms with E-state index in [0.717, 1.165) is 0 Å². The number of carbonyl (C=O) groups is 2. The second kappa shape index (κ2) is 8.94. The highest BCUT2D eigenvalue weighted by atomic mass is 19.1. The van der Waals surface area contributed by atoms with Gasteiger partial charge in [-0.05, 0) is 12.5 Å². The summed E-state index contributed by atoms with van der Waals surface area (Å²) in [5.74, 6) is -0.818. The van der Waals surface area contributed by atoms with Crippen LogP contribution < -0.4 is 16.2 Å². The lowest BCUT2D eigenvalue weighted by atomic mass is 10.00. The Hall–Kier alpha value is -3.11. The van der Waals surface area contributed by atoms with E-state index in [9.17, 15) is 18.8 Å². The number of benzene rings is 1. The Morgan fingerprint density at radius 3 is 2.55 bits per heavy atom. The fraction of sp³-hybridized carbons (Fsp3) is 0.429. The Morgan fingerprint density at radius 2 is 1.87 bits per heavy atom. The van der Waals surface area contributed by atoms with Crippen molar-refractivity contribution in [2.45, 2.75) is 32.0 Å². The molecular weight excluding hydrogens is 403 g/mol. The smallest absolute Gasteiger partial charge is 0.258 e. The molecule has 0 radical (unpaired) electrons. The van der Waals surface area contributed by atoms with Crippen LogP contribution in [0.3, 0.4) is 0 Å². The van der Waals surface area contributed by atoms with Crippen LogP contribution in [0.4, 0.5) is 4.39 Å². The van der Waals surface area contributed by atoms with E-state index in [4.69, 9.17) is 0 Å². The maximum atomic E-state index is 14.5. The van der Waals surface area contributed by atoms with Crippen LogP contribution in [0.5, 0.6) is 0 Å². The molecule has 2 aliphatic rings. The van der Waals surface area contributed by atoms with Crippen molar-refractivity contribution in [2.75, 3.05) is 26.2 Å². The Labute approximate surface area is 178 Å². The molecule has 9 nitrogen and oxygen atoms in total. The molecule has 2 aliphatic heterocycles. The second-order valence-electron chi connectivity index (χ2n) is 7.78. The molecule has 1 aromatic carbocycles. The summed E-state index contributed by atoms with van der Waals surface area (Å²) in [7, 11) is 0. The Balaban J connectivity index is 1.36. The lowest BCUT2D eigenvalue weighted by Crippen LogP contribution is -2.67. The summed E-state index contributed by atoms with van der Waals surface area (Å²) < 4.78 is 15.8. The molecule has 3 atom stereocenters. The van der Waals surface area contributed by atoms with E-state index in [0.29, 0.717) is 37.4 Å². The minimum absolute atomic E-state index is 0.0653. The van der Waals surface area contributed by atoms with Gasteiger partial charge in [0.2, 0.25) is 5.91 Å². The molecule has 0 bridgehead atoms. The summed E-state index contributed by atoms with van der Waals surface area (Å²) >= 11 is 0. The summed E-state index contributed by atoms with van der Waals surface area (Å²) in [5, 5.41) is 5.85. The van der Waals surface area contributed by atoms with Gasteiger partial charge in [0.25, 0.3) is 11.5 Å². The monoisotopic (exact) mass is 428 g/mol. The Bertz CT molecular complexity index is 1010. The number of halogens is 1. The van der Waals surface area contributed by atoms with Gasteiger partial charge in [0.05, 0.1) is 12.4 Å². The molecule has 2 fully saturated rings. The second-order valence-corrected chi connectivity index (χ2v) is 7.78. The standard InChI is InChI=1S/C21H25FN6O3/c1-14-11-16(29)28(13-23-14)12-17(30)26-7-9-27(10-8-26)21-24-19(18(22)20(31)25-21)15-5-3-2-4-6-15/h2-6,11,13,18-19,21,24H,7-10,12H2,1H3,(H,25,31). The number of piperazine rings is 1. The molecule has 3 unspecified atom stereocenters. The maximum Gasteiger partial charge on any atom is 0.258 e. The summed E-state index contributed by atoms with van der Waals surface area (Å²) in [6, 6.07) is 9.70. The zero-order valence-corrected chi connectivity index (χ0v) is 17.2. The average molecular weight is 428 g/mol. The SMILES string of the molecule is Cc1cc(=O)n(CC(=O)N2CCN(C3NC(=O)C(F)C(c4ccccc4)N3)CC2)cn1. The van der Waals surface area contributed by atoms with Crippen molar-refractivity contribution in [3.8, 4) is 0 Å². The van der Waals surface area contributed by atoms with Crippen LogP contribution in [0.15, 0.2) is 47.5 Å². The largest absolute Gasteiger partial charge is 0.339 e. The third-order valence-electron chi connectivity index (χ3n) is 5.67. The van der Waals surface area contributed by atoms with E-state index in [1.807, 2.05) is 23.1 Å². The number of hydrogen-bond acceptors (Lipinski definition) is 6. The first kappa shape index (κ1) is 21.1. The van der Waals surface area contributed by atoms with Gasteiger partial charge in [0.1, 0.15) is 12.8 Å². The zero-order valence-electron chi connectivity index (χ0n) is 17.2. The minimum atomic E-state index is -1.68. The number of hydrogen-bond donors (Lipinski definition) is 2. The number of alkyl halides is 1. The molecule has 4 rings (SSSR count). The first-order chi connectivity index (χ1) is 14.9. The number of nitrogens with one attached hydrogen (secondary N) is 2. The van der Waals surface area contributed by atoms with E-state index in [2.05, 4.69) is 15.6 Å². The third-order valence-corrected chi connectivity index (χ3v) is 5.67. The molecule has 3 heterocycles. The molecule has 164 valence electrons. The number of aryl methyl sites for hydroxylation is 1. The molecule has 2 aromatic rings. The fourth-order valence-electron chi connectivity index (χ4n) is 3.89. The molecule has 0 saturated carbocycles. The van der Waals surface area contributed by atoms with Gasteiger partial charge in [-0.3, -0.25) is 29.2 Å². The summed E-state index contributed by atoms with van der Waals surface area (Å²) in [6.07, 6.45) is -0.821. The first-order valence-electron chi connectivity index (χ1n) is 10.2. The van der Waals surface area contributed by atoms with Gasteiger partial charge in [-0.2, -0.15) is 0 Å². The molecular formula is C21H25FN6O3. The number of aromatic nitrogens is 2. The minimum Gasteiger partial charge on any atom is -0.339 e. The molecule has 2 amide bonds.